The van der Waals surface area contributed by atoms with Gasteiger partial charge in [0.1, 0.15) is 0 Å². The smallest absolute Gasteiger partial charge is 0.0973 e. The van der Waals surface area contributed by atoms with Gasteiger partial charge in [0.25, 0.3) is 0 Å². The van der Waals surface area contributed by atoms with E-state index in [2.05, 4.69) is 11.9 Å². The van der Waals surface area contributed by atoms with Gasteiger partial charge in [-0.15, -0.1) is 0 Å². The second kappa shape index (κ2) is 5.08. The lowest BCUT2D eigenvalue weighted by atomic mass is 9.86. The Morgan fingerprint density at radius 3 is 2.50 bits per heavy atom. The number of likely N-dealkylation sites (tertiary alicyclic amines) is 1. The van der Waals surface area contributed by atoms with Gasteiger partial charge in [-0.3, -0.25) is 0 Å². The van der Waals surface area contributed by atoms with Gasteiger partial charge in [-0.25, -0.2) is 4.39 Å². The van der Waals surface area contributed by atoms with Gasteiger partial charge in [-0.1, -0.05) is 0 Å². The number of rotatable bonds is 4. The van der Waals surface area contributed by atoms with E-state index in [0.29, 0.717) is 6.42 Å². The third-order valence-electron chi connectivity index (χ3n) is 3.16. The molecule has 1 fully saturated rings. The molecule has 2 nitrogen and oxygen atoms in total. The minimum Gasteiger partial charge on any atom is -0.390 e. The van der Waals surface area contributed by atoms with Crippen LogP contribution in [0.1, 0.15) is 39.0 Å². The van der Waals surface area contributed by atoms with Crippen LogP contribution in [0.15, 0.2) is 0 Å². The highest BCUT2D eigenvalue weighted by Crippen LogP contribution is 2.27. The molecule has 0 amide bonds. The van der Waals surface area contributed by atoms with Crippen molar-refractivity contribution in [3.63, 3.8) is 0 Å². The molecule has 1 heterocycles. The molecule has 0 bridgehead atoms. The van der Waals surface area contributed by atoms with E-state index in [9.17, 15) is 9.50 Å². The van der Waals surface area contributed by atoms with Crippen molar-refractivity contribution in [2.75, 3.05) is 20.1 Å². The Balaban J connectivity index is 2.21. The van der Waals surface area contributed by atoms with Crippen molar-refractivity contribution in [3.8, 4) is 0 Å². The molecule has 0 aromatic carbocycles. The van der Waals surface area contributed by atoms with Crippen LogP contribution in [0.4, 0.5) is 4.39 Å². The van der Waals surface area contributed by atoms with Crippen molar-refractivity contribution in [3.05, 3.63) is 0 Å². The minimum absolute atomic E-state index is 0.512. The van der Waals surface area contributed by atoms with Gasteiger partial charge in [0.05, 0.1) is 11.8 Å². The van der Waals surface area contributed by atoms with Crippen LogP contribution in [0.5, 0.6) is 0 Å². The fourth-order valence-corrected chi connectivity index (χ4v) is 2.00. The summed E-state index contributed by atoms with van der Waals surface area (Å²) in [5, 5.41) is 10.2. The van der Waals surface area contributed by atoms with E-state index < -0.39 is 11.8 Å². The first kappa shape index (κ1) is 11.9. The molecule has 0 aromatic heterocycles. The Labute approximate surface area is 86.1 Å². The van der Waals surface area contributed by atoms with Crippen LogP contribution in [0, 0.1) is 0 Å². The van der Waals surface area contributed by atoms with Crippen molar-refractivity contribution in [1.82, 2.24) is 4.90 Å². The van der Waals surface area contributed by atoms with Crippen LogP contribution >= 0.6 is 0 Å². The summed E-state index contributed by atoms with van der Waals surface area (Å²) in [6.45, 7) is 3.50. The van der Waals surface area contributed by atoms with Crippen LogP contribution in [0.25, 0.3) is 0 Å². The van der Waals surface area contributed by atoms with E-state index in [1.807, 2.05) is 0 Å². The average molecular weight is 203 g/mol. The lowest BCUT2D eigenvalue weighted by molar-refractivity contribution is -0.0248. The molecule has 0 radical (unpaired) electrons. The van der Waals surface area contributed by atoms with Crippen molar-refractivity contribution in [2.45, 2.75) is 50.8 Å². The Hall–Kier alpha value is -0.150. The Kier molecular flexibility index (Phi) is 4.32. The maximum atomic E-state index is 12.6. The zero-order valence-electron chi connectivity index (χ0n) is 9.30. The number of hydrogen-bond acceptors (Lipinski definition) is 2. The summed E-state index contributed by atoms with van der Waals surface area (Å²) in [7, 11) is 2.07. The summed E-state index contributed by atoms with van der Waals surface area (Å²) in [5.41, 5.74) is -0.512. The first-order valence-corrected chi connectivity index (χ1v) is 5.57. The van der Waals surface area contributed by atoms with Crippen LogP contribution < -0.4 is 0 Å². The highest BCUT2D eigenvalue weighted by molar-refractivity contribution is 4.84. The molecular formula is C11H22FNO. The first-order chi connectivity index (χ1) is 6.52. The van der Waals surface area contributed by atoms with Gasteiger partial charge in [-0.2, -0.15) is 0 Å². The molecule has 3 heteroatoms. The molecule has 0 aromatic rings. The van der Waals surface area contributed by atoms with Crippen molar-refractivity contribution < 1.29 is 9.50 Å². The molecule has 84 valence electrons. The van der Waals surface area contributed by atoms with Crippen LogP contribution in [0.2, 0.25) is 0 Å². The normalized spacial score (nSPS) is 24.9. The van der Waals surface area contributed by atoms with E-state index in [4.69, 9.17) is 0 Å². The third kappa shape index (κ3) is 3.93. The van der Waals surface area contributed by atoms with Crippen molar-refractivity contribution in [1.29, 1.82) is 0 Å². The Morgan fingerprint density at radius 2 is 2.00 bits per heavy atom. The number of aliphatic hydroxyl groups is 1. The van der Waals surface area contributed by atoms with Crippen LogP contribution in [-0.4, -0.2) is 41.9 Å². The van der Waals surface area contributed by atoms with Gasteiger partial charge in [0.2, 0.25) is 0 Å². The second-order valence-electron chi connectivity index (χ2n) is 4.70. The summed E-state index contributed by atoms with van der Waals surface area (Å²) in [4.78, 5) is 2.23. The van der Waals surface area contributed by atoms with Gasteiger partial charge < -0.3 is 10.0 Å². The van der Waals surface area contributed by atoms with Crippen LogP contribution in [0.3, 0.4) is 0 Å². The number of hydrogen-bond donors (Lipinski definition) is 1. The third-order valence-corrected chi connectivity index (χ3v) is 3.16. The molecule has 14 heavy (non-hydrogen) atoms. The Bertz CT molecular complexity index is 165. The highest BCUT2D eigenvalue weighted by atomic mass is 19.1. The lowest BCUT2D eigenvalue weighted by Gasteiger charge is -2.36. The summed E-state index contributed by atoms with van der Waals surface area (Å²) >= 11 is 0. The molecule has 1 atom stereocenters. The van der Waals surface area contributed by atoms with E-state index in [1.54, 1.807) is 6.92 Å². The van der Waals surface area contributed by atoms with E-state index in [0.717, 1.165) is 38.8 Å². The summed E-state index contributed by atoms with van der Waals surface area (Å²) in [5.74, 6) is 0. The lowest BCUT2D eigenvalue weighted by Crippen LogP contribution is -2.42. The zero-order valence-corrected chi connectivity index (χ0v) is 9.30. The molecule has 1 aliphatic rings. The summed E-state index contributed by atoms with van der Waals surface area (Å²) in [6, 6.07) is 0. The topological polar surface area (TPSA) is 23.5 Å². The molecule has 1 unspecified atom stereocenters. The summed E-state index contributed by atoms with van der Waals surface area (Å²) < 4.78 is 12.6. The fraction of sp³-hybridized carbons (Fsp3) is 1.00. The van der Waals surface area contributed by atoms with Crippen molar-refractivity contribution in [2.24, 2.45) is 0 Å². The quantitative estimate of drug-likeness (QED) is 0.755. The molecule has 0 spiro atoms. The largest absolute Gasteiger partial charge is 0.390 e. The first-order valence-electron chi connectivity index (χ1n) is 5.57. The van der Waals surface area contributed by atoms with Crippen molar-refractivity contribution >= 4 is 0 Å². The monoisotopic (exact) mass is 203 g/mol. The minimum atomic E-state index is -0.732. The maximum Gasteiger partial charge on any atom is 0.0973 e. The number of alkyl halides is 1. The van der Waals surface area contributed by atoms with Gasteiger partial charge in [0, 0.05) is 13.1 Å². The van der Waals surface area contributed by atoms with Crippen LogP contribution in [-0.2, 0) is 0 Å². The predicted octanol–water partition coefficient (Wildman–Crippen LogP) is 1.97. The Morgan fingerprint density at radius 1 is 1.43 bits per heavy atom. The molecule has 0 saturated carbocycles. The zero-order chi connectivity index (χ0) is 10.6. The highest BCUT2D eigenvalue weighted by Gasteiger charge is 2.30. The molecule has 0 aliphatic carbocycles. The predicted molar refractivity (Wildman–Crippen MR) is 56.1 cm³/mol. The molecule has 1 aliphatic heterocycles. The van der Waals surface area contributed by atoms with E-state index in [-0.39, 0.29) is 0 Å². The van der Waals surface area contributed by atoms with E-state index >= 15 is 0 Å². The standard InChI is InChI=1S/C11H22FNO/c1-10(12)4-3-5-11(14)6-8-13(2)9-7-11/h10,14H,3-9H2,1-2H3. The molecule has 1 saturated heterocycles. The number of halogens is 1. The van der Waals surface area contributed by atoms with Gasteiger partial charge in [0.15, 0.2) is 0 Å². The maximum absolute atomic E-state index is 12.6. The molecule has 1 N–H and O–H groups in total. The van der Waals surface area contributed by atoms with E-state index in [1.165, 1.54) is 0 Å². The fourth-order valence-electron chi connectivity index (χ4n) is 2.00. The SMILES string of the molecule is CC(F)CCCC1(O)CCN(C)CC1. The summed E-state index contributed by atoms with van der Waals surface area (Å²) in [6.07, 6.45) is 3.09. The van der Waals surface area contributed by atoms with Gasteiger partial charge in [-0.05, 0) is 46.1 Å². The second-order valence-corrected chi connectivity index (χ2v) is 4.70. The number of nitrogens with zero attached hydrogens (tertiary/aromatic N) is 1. The molecular weight excluding hydrogens is 181 g/mol. The average Bonchev–Trinajstić information content (AvgIpc) is 2.10. The number of piperidine rings is 1. The molecule has 1 rings (SSSR count). The van der Waals surface area contributed by atoms with Gasteiger partial charge >= 0.3 is 0 Å².